The van der Waals surface area contributed by atoms with Gasteiger partial charge in [0.25, 0.3) is 0 Å². The van der Waals surface area contributed by atoms with Crippen LogP contribution in [-0.2, 0) is 0 Å². The highest BCUT2D eigenvalue weighted by molar-refractivity contribution is 6.33. The lowest BCUT2D eigenvalue weighted by molar-refractivity contribution is 0.262. The van der Waals surface area contributed by atoms with Gasteiger partial charge in [-0.15, -0.1) is 10.2 Å². The van der Waals surface area contributed by atoms with Crippen molar-refractivity contribution in [1.29, 1.82) is 0 Å². The smallest absolute Gasteiger partial charge is 0.323 e. The van der Waals surface area contributed by atoms with Gasteiger partial charge < -0.3 is 20.4 Å². The van der Waals surface area contributed by atoms with Gasteiger partial charge >= 0.3 is 6.03 Å². The first-order chi connectivity index (χ1) is 15.0. The highest BCUT2D eigenvalue weighted by atomic mass is 35.5. The summed E-state index contributed by atoms with van der Waals surface area (Å²) in [5, 5.41) is 14.9. The lowest BCUT2D eigenvalue weighted by Crippen LogP contribution is -2.44. The van der Waals surface area contributed by atoms with Crippen LogP contribution in [0, 0.1) is 6.92 Å². The van der Waals surface area contributed by atoms with Crippen molar-refractivity contribution in [3.05, 3.63) is 65.2 Å². The monoisotopic (exact) mass is 436 g/mol. The molecule has 1 aliphatic heterocycles. The molecule has 0 bridgehead atoms. The Kier molecular flexibility index (Phi) is 6.34. The fourth-order valence-electron chi connectivity index (χ4n) is 3.43. The Morgan fingerprint density at radius 2 is 1.68 bits per heavy atom. The summed E-state index contributed by atoms with van der Waals surface area (Å²) in [6.07, 6.45) is 0. The van der Waals surface area contributed by atoms with E-state index in [0.29, 0.717) is 16.4 Å². The predicted molar refractivity (Wildman–Crippen MR) is 126 cm³/mol. The molecule has 1 aromatic heterocycles. The molecule has 2 N–H and O–H groups in total. The topological polar surface area (TPSA) is 73.4 Å². The maximum Gasteiger partial charge on any atom is 0.323 e. The van der Waals surface area contributed by atoms with E-state index >= 15 is 0 Å². The quantitative estimate of drug-likeness (QED) is 0.629. The molecule has 0 radical (unpaired) electrons. The Morgan fingerprint density at radius 3 is 2.35 bits per heavy atom. The second-order valence-electron chi connectivity index (χ2n) is 7.71. The van der Waals surface area contributed by atoms with E-state index < -0.39 is 0 Å². The number of halogens is 1. The van der Waals surface area contributed by atoms with Gasteiger partial charge in [0.05, 0.1) is 16.4 Å². The molecule has 0 unspecified atom stereocenters. The summed E-state index contributed by atoms with van der Waals surface area (Å²) in [5.74, 6) is 0.904. The third-order valence-electron chi connectivity index (χ3n) is 5.29. The molecule has 31 heavy (non-hydrogen) atoms. The second-order valence-corrected chi connectivity index (χ2v) is 8.11. The maximum atomic E-state index is 12.3. The first-order valence-corrected chi connectivity index (χ1v) is 10.6. The number of amides is 2. The number of aryl methyl sites for hydroxylation is 1. The molecular weight excluding hydrogens is 412 g/mol. The molecule has 1 saturated heterocycles. The molecule has 3 aromatic rings. The van der Waals surface area contributed by atoms with E-state index in [0.717, 1.165) is 48.8 Å². The van der Waals surface area contributed by atoms with Gasteiger partial charge in [-0.05, 0) is 55.9 Å². The second kappa shape index (κ2) is 9.32. The average molecular weight is 437 g/mol. The first kappa shape index (κ1) is 21.1. The summed E-state index contributed by atoms with van der Waals surface area (Å²) in [6.45, 7) is 5.92. The number of benzene rings is 2. The minimum Gasteiger partial charge on any atom is -0.353 e. The van der Waals surface area contributed by atoms with E-state index in [4.69, 9.17) is 11.6 Å². The van der Waals surface area contributed by atoms with E-state index in [-0.39, 0.29) is 6.03 Å². The molecule has 0 atom stereocenters. The third-order valence-corrected chi connectivity index (χ3v) is 5.62. The number of nitrogens with zero attached hydrogens (tertiary/aromatic N) is 4. The summed E-state index contributed by atoms with van der Waals surface area (Å²) in [6, 6.07) is 16.6. The minimum absolute atomic E-state index is 0.350. The zero-order valence-corrected chi connectivity index (χ0v) is 18.4. The molecule has 4 rings (SSSR count). The molecule has 2 aromatic carbocycles. The number of aromatic nitrogens is 2. The summed E-state index contributed by atoms with van der Waals surface area (Å²) < 4.78 is 0. The normalized spacial score (nSPS) is 14.4. The number of nitrogens with one attached hydrogen (secondary N) is 2. The summed E-state index contributed by atoms with van der Waals surface area (Å²) in [4.78, 5) is 16.9. The van der Waals surface area contributed by atoms with E-state index in [9.17, 15) is 4.79 Å². The van der Waals surface area contributed by atoms with Gasteiger partial charge in [0.1, 0.15) is 0 Å². The van der Waals surface area contributed by atoms with Crippen molar-refractivity contribution in [1.82, 2.24) is 15.1 Å². The van der Waals surface area contributed by atoms with Crippen molar-refractivity contribution >= 4 is 34.8 Å². The van der Waals surface area contributed by atoms with E-state index in [1.165, 1.54) is 0 Å². The Morgan fingerprint density at radius 1 is 0.935 bits per heavy atom. The SMILES string of the molecule is Cc1ccc(Cl)c(NC(=O)Nc2ccc(-c3ccc(N4CCN(C)CC4)nn3)cc2)c1. The number of likely N-dealkylation sites (N-methyl/N-ethyl adjacent to an activating group) is 1. The van der Waals surface area contributed by atoms with Crippen LogP contribution < -0.4 is 15.5 Å². The number of rotatable bonds is 4. The van der Waals surface area contributed by atoms with Gasteiger partial charge in [0.15, 0.2) is 5.82 Å². The largest absolute Gasteiger partial charge is 0.353 e. The molecular formula is C23H25ClN6O. The van der Waals surface area contributed by atoms with Crippen LogP contribution in [0.15, 0.2) is 54.6 Å². The molecule has 1 fully saturated rings. The van der Waals surface area contributed by atoms with Crippen molar-refractivity contribution in [3.63, 3.8) is 0 Å². The molecule has 160 valence electrons. The van der Waals surface area contributed by atoms with Gasteiger partial charge in [-0.1, -0.05) is 29.8 Å². The number of carbonyl (C=O) groups excluding carboxylic acids is 1. The molecule has 0 spiro atoms. The lowest BCUT2D eigenvalue weighted by atomic mass is 10.1. The van der Waals surface area contributed by atoms with Crippen LogP contribution in [0.3, 0.4) is 0 Å². The van der Waals surface area contributed by atoms with Crippen LogP contribution in [0.25, 0.3) is 11.3 Å². The molecule has 1 aliphatic rings. The number of carbonyl (C=O) groups is 1. The Hall–Kier alpha value is -3.16. The van der Waals surface area contributed by atoms with Crippen LogP contribution >= 0.6 is 11.6 Å². The number of anilines is 3. The number of piperazine rings is 1. The number of urea groups is 1. The van der Waals surface area contributed by atoms with Crippen molar-refractivity contribution in [3.8, 4) is 11.3 Å². The van der Waals surface area contributed by atoms with Crippen molar-refractivity contribution in [2.75, 3.05) is 48.8 Å². The molecule has 7 nitrogen and oxygen atoms in total. The van der Waals surface area contributed by atoms with Crippen molar-refractivity contribution in [2.24, 2.45) is 0 Å². The zero-order chi connectivity index (χ0) is 21.8. The van der Waals surface area contributed by atoms with E-state index in [1.54, 1.807) is 6.07 Å². The van der Waals surface area contributed by atoms with Gasteiger partial charge in [0, 0.05) is 37.4 Å². The molecule has 2 heterocycles. The van der Waals surface area contributed by atoms with E-state index in [1.807, 2.05) is 55.5 Å². The van der Waals surface area contributed by atoms with Crippen LogP contribution in [0.2, 0.25) is 5.02 Å². The highest BCUT2D eigenvalue weighted by Crippen LogP contribution is 2.24. The Balaban J connectivity index is 1.37. The summed E-state index contributed by atoms with van der Waals surface area (Å²) in [5.41, 5.74) is 3.99. The van der Waals surface area contributed by atoms with Gasteiger partial charge in [-0.2, -0.15) is 0 Å². The fraction of sp³-hybridized carbons (Fsp3) is 0.261. The minimum atomic E-state index is -0.350. The summed E-state index contributed by atoms with van der Waals surface area (Å²) in [7, 11) is 2.13. The Bertz CT molecular complexity index is 1050. The Labute approximate surface area is 187 Å². The molecule has 0 aliphatic carbocycles. The lowest BCUT2D eigenvalue weighted by Gasteiger charge is -2.32. The summed E-state index contributed by atoms with van der Waals surface area (Å²) >= 11 is 6.14. The number of hydrogen-bond donors (Lipinski definition) is 2. The third kappa shape index (κ3) is 5.31. The van der Waals surface area contributed by atoms with Gasteiger partial charge in [0.2, 0.25) is 0 Å². The van der Waals surface area contributed by atoms with E-state index in [2.05, 4.69) is 37.7 Å². The van der Waals surface area contributed by atoms with Gasteiger partial charge in [-0.25, -0.2) is 4.79 Å². The molecule has 0 saturated carbocycles. The average Bonchev–Trinajstić information content (AvgIpc) is 2.77. The zero-order valence-electron chi connectivity index (χ0n) is 17.6. The van der Waals surface area contributed by atoms with Crippen molar-refractivity contribution < 1.29 is 4.79 Å². The highest BCUT2D eigenvalue weighted by Gasteiger charge is 2.15. The predicted octanol–water partition coefficient (Wildman–Crippen LogP) is 4.50. The fourth-order valence-corrected chi connectivity index (χ4v) is 3.59. The van der Waals surface area contributed by atoms with Crippen LogP contribution in [0.5, 0.6) is 0 Å². The maximum absolute atomic E-state index is 12.3. The molecule has 2 amide bonds. The van der Waals surface area contributed by atoms with Crippen LogP contribution in [-0.4, -0.2) is 54.4 Å². The standard InChI is InChI=1S/C23H25ClN6O/c1-16-3-8-19(24)21(15-16)26-23(31)25-18-6-4-17(5-7-18)20-9-10-22(28-27-20)30-13-11-29(2)12-14-30/h3-10,15H,11-14H2,1-2H3,(H2,25,26,31). The first-order valence-electron chi connectivity index (χ1n) is 10.2. The van der Waals surface area contributed by atoms with Crippen molar-refractivity contribution in [2.45, 2.75) is 6.92 Å². The van der Waals surface area contributed by atoms with Crippen LogP contribution in [0.1, 0.15) is 5.56 Å². The van der Waals surface area contributed by atoms with Gasteiger partial charge in [-0.3, -0.25) is 0 Å². The van der Waals surface area contributed by atoms with Crippen LogP contribution in [0.4, 0.5) is 22.0 Å². The number of hydrogen-bond acceptors (Lipinski definition) is 5. The molecule has 8 heteroatoms.